The van der Waals surface area contributed by atoms with E-state index in [-0.39, 0.29) is 11.6 Å². The number of hydrogen-bond donors (Lipinski definition) is 1. The lowest BCUT2D eigenvalue weighted by molar-refractivity contribution is -0.117. The molecule has 0 saturated carbocycles. The molecule has 3 aromatic rings. The Hall–Kier alpha value is -3.56. The van der Waals surface area contributed by atoms with Crippen LogP contribution in [0.25, 0.3) is 6.08 Å². The Morgan fingerprint density at radius 2 is 1.88 bits per heavy atom. The molecule has 0 saturated heterocycles. The highest BCUT2D eigenvalue weighted by molar-refractivity contribution is 9.10. The SMILES string of the molecule is COc1cc(/C=C(/C#N)C(=O)N[C@@H](C)c2ccccc2)c(Br)cc1OCc1cccc(C)c1. The Morgan fingerprint density at radius 1 is 1.12 bits per heavy atom. The quantitative estimate of drug-likeness (QED) is 0.295. The molecule has 168 valence electrons. The van der Waals surface area contributed by atoms with Gasteiger partial charge in [0, 0.05) is 4.47 Å². The minimum atomic E-state index is -0.445. The predicted molar refractivity (Wildman–Crippen MR) is 133 cm³/mol. The van der Waals surface area contributed by atoms with Gasteiger partial charge < -0.3 is 14.8 Å². The van der Waals surface area contributed by atoms with Gasteiger partial charge in [0.15, 0.2) is 11.5 Å². The van der Waals surface area contributed by atoms with Gasteiger partial charge in [-0.1, -0.05) is 76.1 Å². The maximum absolute atomic E-state index is 12.7. The van der Waals surface area contributed by atoms with Crippen molar-refractivity contribution >= 4 is 27.9 Å². The van der Waals surface area contributed by atoms with Crippen LogP contribution in [0.3, 0.4) is 0 Å². The molecule has 1 N–H and O–H groups in total. The molecular formula is C27H25BrN2O3. The lowest BCUT2D eigenvalue weighted by Crippen LogP contribution is -2.27. The van der Waals surface area contributed by atoms with Crippen LogP contribution in [-0.4, -0.2) is 13.0 Å². The summed E-state index contributed by atoms with van der Waals surface area (Å²) in [5, 5.41) is 12.5. The Labute approximate surface area is 202 Å². The summed E-state index contributed by atoms with van der Waals surface area (Å²) in [7, 11) is 1.55. The van der Waals surface area contributed by atoms with Crippen LogP contribution in [0.2, 0.25) is 0 Å². The van der Waals surface area contributed by atoms with E-state index in [2.05, 4.69) is 27.3 Å². The largest absolute Gasteiger partial charge is 0.493 e. The standard InChI is InChI=1S/C27H25BrN2O3/c1-18-8-7-9-20(12-18)17-33-26-15-24(28)22(14-25(26)32-3)13-23(16-29)27(31)30-19(2)21-10-5-4-6-11-21/h4-15,19H,17H2,1-3H3,(H,30,31)/b23-13-/t19-/m0/s1. The maximum Gasteiger partial charge on any atom is 0.262 e. The number of rotatable bonds is 8. The third kappa shape index (κ3) is 6.47. The molecule has 3 rings (SSSR count). The first-order chi connectivity index (χ1) is 15.9. The summed E-state index contributed by atoms with van der Waals surface area (Å²) in [6, 6.07) is 22.9. The van der Waals surface area contributed by atoms with Gasteiger partial charge in [-0.15, -0.1) is 0 Å². The summed E-state index contributed by atoms with van der Waals surface area (Å²) in [4.78, 5) is 12.7. The maximum atomic E-state index is 12.7. The van der Waals surface area contributed by atoms with Gasteiger partial charge in [-0.2, -0.15) is 5.26 Å². The van der Waals surface area contributed by atoms with Crippen molar-refractivity contribution in [2.24, 2.45) is 0 Å². The fraction of sp³-hybridized carbons (Fsp3) is 0.185. The van der Waals surface area contributed by atoms with E-state index in [0.717, 1.165) is 16.7 Å². The van der Waals surface area contributed by atoms with E-state index in [9.17, 15) is 10.1 Å². The fourth-order valence-corrected chi connectivity index (χ4v) is 3.74. The summed E-state index contributed by atoms with van der Waals surface area (Å²) < 4.78 is 12.1. The summed E-state index contributed by atoms with van der Waals surface area (Å²) >= 11 is 3.52. The predicted octanol–water partition coefficient (Wildman–Crippen LogP) is 6.13. The number of methoxy groups -OCH3 is 1. The lowest BCUT2D eigenvalue weighted by Gasteiger charge is -2.15. The molecule has 0 aliphatic heterocycles. The molecule has 0 aromatic heterocycles. The number of carbonyl (C=O) groups is 1. The first-order valence-electron chi connectivity index (χ1n) is 10.4. The van der Waals surface area contributed by atoms with Crippen molar-refractivity contribution in [2.45, 2.75) is 26.5 Å². The van der Waals surface area contributed by atoms with E-state index in [0.29, 0.717) is 28.1 Å². The zero-order valence-electron chi connectivity index (χ0n) is 18.8. The molecule has 0 fully saturated rings. The number of carbonyl (C=O) groups excluding carboxylic acids is 1. The topological polar surface area (TPSA) is 71.3 Å². The van der Waals surface area contributed by atoms with Crippen molar-refractivity contribution in [3.8, 4) is 17.6 Å². The number of ether oxygens (including phenoxy) is 2. The van der Waals surface area contributed by atoms with E-state index >= 15 is 0 Å². The molecule has 1 amide bonds. The number of aryl methyl sites for hydroxylation is 1. The third-order valence-electron chi connectivity index (χ3n) is 5.07. The van der Waals surface area contributed by atoms with Crippen LogP contribution in [0.5, 0.6) is 11.5 Å². The molecule has 0 aliphatic carbocycles. The van der Waals surface area contributed by atoms with E-state index in [1.165, 1.54) is 6.08 Å². The van der Waals surface area contributed by atoms with Crippen LogP contribution < -0.4 is 14.8 Å². The molecular weight excluding hydrogens is 480 g/mol. The van der Waals surface area contributed by atoms with Gasteiger partial charge in [0.05, 0.1) is 13.2 Å². The van der Waals surface area contributed by atoms with Crippen molar-refractivity contribution in [2.75, 3.05) is 7.11 Å². The summed E-state index contributed by atoms with van der Waals surface area (Å²) in [5.41, 5.74) is 3.80. The van der Waals surface area contributed by atoms with Gasteiger partial charge in [-0.05, 0) is 48.7 Å². The number of amides is 1. The van der Waals surface area contributed by atoms with Crippen LogP contribution in [-0.2, 0) is 11.4 Å². The van der Waals surface area contributed by atoms with Crippen molar-refractivity contribution in [3.63, 3.8) is 0 Å². The Bertz CT molecular complexity index is 1200. The first kappa shape index (κ1) is 24.1. The Kier molecular flexibility index (Phi) is 8.28. The van der Waals surface area contributed by atoms with Crippen LogP contribution in [0.1, 0.15) is 35.2 Å². The molecule has 0 unspecified atom stereocenters. The highest BCUT2D eigenvalue weighted by atomic mass is 79.9. The zero-order chi connectivity index (χ0) is 23.8. The van der Waals surface area contributed by atoms with Gasteiger partial charge in [0.1, 0.15) is 18.2 Å². The number of nitrogens with one attached hydrogen (secondary N) is 1. The molecule has 0 heterocycles. The third-order valence-corrected chi connectivity index (χ3v) is 5.76. The van der Waals surface area contributed by atoms with Gasteiger partial charge >= 0.3 is 0 Å². The molecule has 0 spiro atoms. The number of halogens is 1. The van der Waals surface area contributed by atoms with Crippen molar-refractivity contribution in [3.05, 3.63) is 99.0 Å². The van der Waals surface area contributed by atoms with Crippen LogP contribution in [0.4, 0.5) is 0 Å². The molecule has 0 radical (unpaired) electrons. The van der Waals surface area contributed by atoms with Gasteiger partial charge in [0.2, 0.25) is 0 Å². The van der Waals surface area contributed by atoms with E-state index in [1.54, 1.807) is 19.2 Å². The number of hydrogen-bond acceptors (Lipinski definition) is 4. The van der Waals surface area contributed by atoms with Gasteiger partial charge in [-0.3, -0.25) is 4.79 Å². The summed E-state index contributed by atoms with van der Waals surface area (Å²) in [5.74, 6) is 0.621. The fourth-order valence-electron chi connectivity index (χ4n) is 3.30. The van der Waals surface area contributed by atoms with Crippen molar-refractivity contribution in [1.82, 2.24) is 5.32 Å². The smallest absolute Gasteiger partial charge is 0.262 e. The summed E-state index contributed by atoms with van der Waals surface area (Å²) in [6.45, 7) is 4.30. The minimum absolute atomic E-state index is 0.00559. The summed E-state index contributed by atoms with van der Waals surface area (Å²) in [6.07, 6.45) is 1.53. The van der Waals surface area contributed by atoms with Gasteiger partial charge in [0.25, 0.3) is 5.91 Å². The average molecular weight is 505 g/mol. The Balaban J connectivity index is 1.79. The molecule has 0 bridgehead atoms. The van der Waals surface area contributed by atoms with Crippen LogP contribution >= 0.6 is 15.9 Å². The van der Waals surface area contributed by atoms with Crippen molar-refractivity contribution < 1.29 is 14.3 Å². The normalized spacial score (nSPS) is 11.9. The molecule has 5 nitrogen and oxygen atoms in total. The van der Waals surface area contributed by atoms with Crippen LogP contribution in [0.15, 0.2) is 76.8 Å². The Morgan fingerprint density at radius 3 is 2.55 bits per heavy atom. The minimum Gasteiger partial charge on any atom is -0.493 e. The van der Waals surface area contributed by atoms with Crippen LogP contribution in [0, 0.1) is 18.3 Å². The highest BCUT2D eigenvalue weighted by Crippen LogP contribution is 2.35. The first-order valence-corrected chi connectivity index (χ1v) is 11.2. The second-order valence-corrected chi connectivity index (χ2v) is 8.43. The molecule has 33 heavy (non-hydrogen) atoms. The number of benzene rings is 3. The lowest BCUT2D eigenvalue weighted by atomic mass is 10.1. The zero-order valence-corrected chi connectivity index (χ0v) is 20.3. The molecule has 6 heteroatoms. The number of nitriles is 1. The molecule has 0 aliphatic rings. The van der Waals surface area contributed by atoms with Crippen molar-refractivity contribution in [1.29, 1.82) is 5.26 Å². The monoisotopic (exact) mass is 504 g/mol. The van der Waals surface area contributed by atoms with E-state index < -0.39 is 5.91 Å². The van der Waals surface area contributed by atoms with Gasteiger partial charge in [-0.25, -0.2) is 0 Å². The van der Waals surface area contributed by atoms with E-state index in [1.807, 2.05) is 68.4 Å². The number of nitrogens with zero attached hydrogens (tertiary/aromatic N) is 1. The average Bonchev–Trinajstić information content (AvgIpc) is 2.82. The molecule has 3 aromatic carbocycles. The molecule has 1 atom stereocenters. The second-order valence-electron chi connectivity index (χ2n) is 7.58. The highest BCUT2D eigenvalue weighted by Gasteiger charge is 2.16. The van der Waals surface area contributed by atoms with E-state index in [4.69, 9.17) is 9.47 Å². The second kappa shape index (κ2) is 11.3.